The highest BCUT2D eigenvalue weighted by Gasteiger charge is 2.17. The molecule has 0 aliphatic carbocycles. The number of nitro benzene ring substituents is 1. The van der Waals surface area contributed by atoms with E-state index in [9.17, 15) is 19.7 Å². The number of carbonyl (C=O) groups excluding carboxylic acids is 2. The van der Waals surface area contributed by atoms with Crippen LogP contribution in [0, 0.1) is 10.1 Å². The van der Waals surface area contributed by atoms with Crippen molar-refractivity contribution >= 4 is 28.9 Å². The average Bonchev–Trinajstić information content (AvgIpc) is 2.61. The Hall–Kier alpha value is -3.62. The maximum atomic E-state index is 12.0. The Morgan fingerprint density at radius 3 is 2.50 bits per heavy atom. The van der Waals surface area contributed by atoms with Gasteiger partial charge in [-0.05, 0) is 37.3 Å². The molecule has 9 heteroatoms. The molecule has 1 amide bonds. The molecule has 2 aromatic rings. The first-order valence-electron chi connectivity index (χ1n) is 7.64. The molecule has 136 valence electrons. The highest BCUT2D eigenvalue weighted by atomic mass is 16.6. The van der Waals surface area contributed by atoms with Gasteiger partial charge < -0.3 is 20.5 Å². The molecule has 0 spiro atoms. The topological polar surface area (TPSA) is 134 Å². The summed E-state index contributed by atoms with van der Waals surface area (Å²) in [5.41, 5.74) is 5.67. The molecule has 2 rings (SSSR count). The Balaban J connectivity index is 1.93. The normalized spacial score (nSPS) is 10.0. The highest BCUT2D eigenvalue weighted by Crippen LogP contribution is 2.20. The number of carbonyl (C=O) groups is 2. The van der Waals surface area contributed by atoms with Crippen LogP contribution in [0.2, 0.25) is 0 Å². The maximum Gasteiger partial charge on any atom is 0.341 e. The minimum absolute atomic E-state index is 0.0209. The van der Waals surface area contributed by atoms with Gasteiger partial charge >= 0.3 is 5.97 Å². The molecule has 2 aromatic carbocycles. The van der Waals surface area contributed by atoms with Gasteiger partial charge in [-0.3, -0.25) is 14.9 Å². The predicted octanol–water partition coefficient (Wildman–Crippen LogP) is 2.37. The molecular formula is C17H17N3O6. The van der Waals surface area contributed by atoms with Crippen LogP contribution in [-0.4, -0.2) is 30.0 Å². The number of nitrogens with two attached hydrogens (primary N) is 1. The molecule has 0 fully saturated rings. The lowest BCUT2D eigenvalue weighted by atomic mass is 10.1. The summed E-state index contributed by atoms with van der Waals surface area (Å²) in [5.74, 6) is -0.822. The van der Waals surface area contributed by atoms with Crippen LogP contribution in [0.1, 0.15) is 17.3 Å². The first-order chi connectivity index (χ1) is 12.4. The largest absolute Gasteiger partial charge is 0.494 e. The standard InChI is InChI=1S/C17H17N3O6/c1-2-25-13-6-3-11(4-7-13)19-16(21)10-26-17(22)14-9-12(20(23)24)5-8-15(14)18/h3-9H,2,10,18H2,1H3,(H,19,21). The Labute approximate surface area is 148 Å². The summed E-state index contributed by atoms with van der Waals surface area (Å²) in [7, 11) is 0. The fourth-order valence-electron chi connectivity index (χ4n) is 2.04. The minimum Gasteiger partial charge on any atom is -0.494 e. The number of nitrogens with zero attached hydrogens (tertiary/aromatic N) is 1. The van der Waals surface area contributed by atoms with Gasteiger partial charge in [0.1, 0.15) is 5.75 Å². The van der Waals surface area contributed by atoms with E-state index in [0.29, 0.717) is 18.0 Å². The molecule has 0 atom stereocenters. The van der Waals surface area contributed by atoms with Crippen molar-refractivity contribution in [1.82, 2.24) is 0 Å². The third kappa shape index (κ3) is 4.94. The third-order valence-corrected chi connectivity index (χ3v) is 3.25. The monoisotopic (exact) mass is 359 g/mol. The van der Waals surface area contributed by atoms with Crippen molar-refractivity contribution in [1.29, 1.82) is 0 Å². The summed E-state index contributed by atoms with van der Waals surface area (Å²) >= 11 is 0. The van der Waals surface area contributed by atoms with Crippen LogP contribution < -0.4 is 15.8 Å². The molecule has 26 heavy (non-hydrogen) atoms. The number of non-ortho nitro benzene ring substituents is 1. The molecule has 0 heterocycles. The number of esters is 1. The fourth-order valence-corrected chi connectivity index (χ4v) is 2.04. The van der Waals surface area contributed by atoms with E-state index < -0.39 is 23.4 Å². The van der Waals surface area contributed by atoms with Crippen molar-refractivity contribution < 1.29 is 24.0 Å². The SMILES string of the molecule is CCOc1ccc(NC(=O)COC(=O)c2cc([N+](=O)[O-])ccc2N)cc1. The van der Waals surface area contributed by atoms with Gasteiger partial charge in [-0.2, -0.15) is 0 Å². The summed E-state index contributed by atoms with van der Waals surface area (Å²) in [6.45, 7) is 1.83. The van der Waals surface area contributed by atoms with E-state index in [2.05, 4.69) is 5.32 Å². The van der Waals surface area contributed by atoms with Gasteiger partial charge in [0.15, 0.2) is 6.61 Å². The molecule has 0 aromatic heterocycles. The molecule has 9 nitrogen and oxygen atoms in total. The van der Waals surface area contributed by atoms with Crippen LogP contribution in [0.25, 0.3) is 0 Å². The number of nitrogen functional groups attached to an aromatic ring is 1. The van der Waals surface area contributed by atoms with Gasteiger partial charge in [-0.25, -0.2) is 4.79 Å². The van der Waals surface area contributed by atoms with Gasteiger partial charge in [0.05, 0.1) is 17.1 Å². The maximum absolute atomic E-state index is 12.0. The quantitative estimate of drug-likeness (QED) is 0.335. The summed E-state index contributed by atoms with van der Waals surface area (Å²) in [5, 5.41) is 13.3. The van der Waals surface area contributed by atoms with Gasteiger partial charge in [-0.15, -0.1) is 0 Å². The first-order valence-corrected chi connectivity index (χ1v) is 7.64. The zero-order chi connectivity index (χ0) is 19.1. The van der Waals surface area contributed by atoms with Crippen LogP contribution in [-0.2, 0) is 9.53 Å². The molecule has 0 aliphatic heterocycles. The van der Waals surface area contributed by atoms with Crippen molar-refractivity contribution in [3.8, 4) is 5.75 Å². The second kappa shape index (κ2) is 8.47. The number of nitrogens with one attached hydrogen (secondary N) is 1. The molecule has 0 bridgehead atoms. The van der Waals surface area contributed by atoms with Crippen molar-refractivity contribution in [3.63, 3.8) is 0 Å². The van der Waals surface area contributed by atoms with Crippen molar-refractivity contribution in [3.05, 3.63) is 58.1 Å². The number of rotatable bonds is 7. The number of hydrogen-bond acceptors (Lipinski definition) is 7. The highest BCUT2D eigenvalue weighted by molar-refractivity contribution is 5.98. The Morgan fingerprint density at radius 2 is 1.88 bits per heavy atom. The van der Waals surface area contributed by atoms with E-state index in [4.69, 9.17) is 15.2 Å². The zero-order valence-electron chi connectivity index (χ0n) is 13.9. The van der Waals surface area contributed by atoms with Crippen molar-refractivity contribution in [2.45, 2.75) is 6.92 Å². The van der Waals surface area contributed by atoms with E-state index in [0.717, 1.165) is 6.07 Å². The fraction of sp³-hybridized carbons (Fsp3) is 0.176. The van der Waals surface area contributed by atoms with Crippen LogP contribution >= 0.6 is 0 Å². The lowest BCUT2D eigenvalue weighted by Crippen LogP contribution is -2.21. The van der Waals surface area contributed by atoms with Gasteiger partial charge in [-0.1, -0.05) is 0 Å². The van der Waals surface area contributed by atoms with E-state index in [-0.39, 0.29) is 16.9 Å². The molecule has 0 saturated carbocycles. The summed E-state index contributed by atoms with van der Waals surface area (Å²) in [4.78, 5) is 34.0. The number of benzene rings is 2. The van der Waals surface area contributed by atoms with Crippen molar-refractivity contribution in [2.24, 2.45) is 0 Å². The lowest BCUT2D eigenvalue weighted by molar-refractivity contribution is -0.384. The van der Waals surface area contributed by atoms with Crippen LogP contribution in [0.5, 0.6) is 5.75 Å². The number of nitro groups is 1. The summed E-state index contributed by atoms with van der Waals surface area (Å²) in [6.07, 6.45) is 0. The second-order valence-corrected chi connectivity index (χ2v) is 5.11. The Kier molecular flexibility index (Phi) is 6.10. The number of anilines is 2. The van der Waals surface area contributed by atoms with Gasteiger partial charge in [0.25, 0.3) is 11.6 Å². The van der Waals surface area contributed by atoms with Crippen LogP contribution in [0.3, 0.4) is 0 Å². The average molecular weight is 359 g/mol. The number of amides is 1. The number of ether oxygens (including phenoxy) is 2. The molecular weight excluding hydrogens is 342 g/mol. The van der Waals surface area contributed by atoms with E-state index in [1.807, 2.05) is 6.92 Å². The third-order valence-electron chi connectivity index (χ3n) is 3.25. The smallest absolute Gasteiger partial charge is 0.341 e. The minimum atomic E-state index is -0.923. The van der Waals surface area contributed by atoms with Crippen molar-refractivity contribution in [2.75, 3.05) is 24.3 Å². The van der Waals surface area contributed by atoms with E-state index in [1.54, 1.807) is 24.3 Å². The lowest BCUT2D eigenvalue weighted by Gasteiger charge is -2.09. The van der Waals surface area contributed by atoms with Gasteiger partial charge in [0, 0.05) is 23.5 Å². The van der Waals surface area contributed by atoms with Gasteiger partial charge in [0.2, 0.25) is 0 Å². The van der Waals surface area contributed by atoms with Crippen LogP contribution in [0.15, 0.2) is 42.5 Å². The Bertz CT molecular complexity index is 820. The first kappa shape index (κ1) is 18.7. The van der Waals surface area contributed by atoms with Crippen LogP contribution in [0.4, 0.5) is 17.1 Å². The summed E-state index contributed by atoms with van der Waals surface area (Å²) in [6, 6.07) is 10.1. The van der Waals surface area contributed by atoms with E-state index >= 15 is 0 Å². The summed E-state index contributed by atoms with van der Waals surface area (Å²) < 4.78 is 10.2. The molecule has 0 aliphatic rings. The van der Waals surface area contributed by atoms with E-state index in [1.165, 1.54) is 12.1 Å². The molecule has 3 N–H and O–H groups in total. The Morgan fingerprint density at radius 1 is 1.19 bits per heavy atom. The second-order valence-electron chi connectivity index (χ2n) is 5.11. The molecule has 0 unspecified atom stereocenters. The number of hydrogen-bond donors (Lipinski definition) is 2. The molecule has 0 radical (unpaired) electrons. The zero-order valence-corrected chi connectivity index (χ0v) is 13.9. The molecule has 0 saturated heterocycles. The predicted molar refractivity (Wildman–Crippen MR) is 94.0 cm³/mol.